The Balaban J connectivity index is 1.94. The molecule has 0 saturated carbocycles. The number of rotatable bonds is 9. The van der Waals surface area contributed by atoms with E-state index in [4.69, 9.17) is 24.9 Å². The fourth-order valence-electron chi connectivity index (χ4n) is 3.44. The van der Waals surface area contributed by atoms with Crippen molar-refractivity contribution in [2.45, 2.75) is 77.6 Å². The molecule has 2 aromatic rings. The third kappa shape index (κ3) is 6.70. The molecular formula is C22H38ClN6O6PSi. The average Bonchev–Trinajstić information content (AvgIpc) is 3.35. The predicted octanol–water partition coefficient (Wildman–Crippen LogP) is 4.32. The lowest BCUT2D eigenvalue weighted by Crippen LogP contribution is -2.46. The Morgan fingerprint density at radius 3 is 2.62 bits per heavy atom. The Morgan fingerprint density at radius 1 is 1.41 bits per heavy atom. The summed E-state index contributed by atoms with van der Waals surface area (Å²) < 4.78 is 34.1. The second-order valence-corrected chi connectivity index (χ2v) is 19.3. The van der Waals surface area contributed by atoms with Gasteiger partial charge in [0.25, 0.3) is 5.56 Å². The highest BCUT2D eigenvalue weighted by Crippen LogP contribution is 2.54. The molecule has 1 saturated heterocycles. The first-order valence-electron chi connectivity index (χ1n) is 12.2. The van der Waals surface area contributed by atoms with Gasteiger partial charge in [-0.15, -0.1) is 0 Å². The lowest BCUT2D eigenvalue weighted by molar-refractivity contribution is -0.118. The molecule has 2 N–H and O–H groups in total. The summed E-state index contributed by atoms with van der Waals surface area (Å²) in [6, 6.07) is 0. The lowest BCUT2D eigenvalue weighted by Gasteiger charge is -2.39. The number of ether oxygens (including phenoxy) is 1. The summed E-state index contributed by atoms with van der Waals surface area (Å²) in [5.74, 6) is -0.547. The van der Waals surface area contributed by atoms with Gasteiger partial charge >= 0.3 is 6.87 Å². The minimum Gasteiger partial charge on any atom is -0.411 e. The summed E-state index contributed by atoms with van der Waals surface area (Å²) in [4.78, 5) is 36.0. The molecule has 15 heteroatoms. The molecule has 1 amide bonds. The average molecular weight is 577 g/mol. The number of aromatic nitrogens is 4. The van der Waals surface area contributed by atoms with Gasteiger partial charge in [0, 0.05) is 12.3 Å². The third-order valence-electron chi connectivity index (χ3n) is 6.82. The van der Waals surface area contributed by atoms with Crippen LogP contribution in [0.4, 0.5) is 5.95 Å². The van der Waals surface area contributed by atoms with Gasteiger partial charge in [0.1, 0.15) is 12.3 Å². The van der Waals surface area contributed by atoms with E-state index in [-0.39, 0.29) is 46.7 Å². The van der Waals surface area contributed by atoms with E-state index in [1.165, 1.54) is 11.0 Å². The van der Waals surface area contributed by atoms with Crippen molar-refractivity contribution in [1.82, 2.24) is 24.2 Å². The van der Waals surface area contributed by atoms with Gasteiger partial charge in [0.05, 0.1) is 19.0 Å². The van der Waals surface area contributed by atoms with Gasteiger partial charge in [-0.2, -0.15) is 4.98 Å². The van der Waals surface area contributed by atoms with Crippen molar-refractivity contribution < 1.29 is 23.0 Å². The number of hydrogen-bond donors (Lipinski definition) is 2. The number of nitrogens with one attached hydrogen (secondary N) is 2. The van der Waals surface area contributed by atoms with Crippen molar-refractivity contribution in [1.29, 1.82) is 0 Å². The monoisotopic (exact) mass is 576 g/mol. The van der Waals surface area contributed by atoms with E-state index in [1.807, 2.05) is 0 Å². The van der Waals surface area contributed by atoms with Gasteiger partial charge in [-0.3, -0.25) is 29.0 Å². The quantitative estimate of drug-likeness (QED) is 0.330. The first-order chi connectivity index (χ1) is 16.9. The van der Waals surface area contributed by atoms with Crippen molar-refractivity contribution in [2.24, 2.45) is 5.92 Å². The van der Waals surface area contributed by atoms with Gasteiger partial charge in [-0.1, -0.05) is 34.6 Å². The number of nitrogens with zero attached hydrogens (tertiary/aromatic N) is 4. The molecule has 0 aliphatic carbocycles. The van der Waals surface area contributed by atoms with Crippen LogP contribution >= 0.6 is 18.1 Å². The summed E-state index contributed by atoms with van der Waals surface area (Å²) >= 11 is 6.09. The Morgan fingerprint density at radius 2 is 2.05 bits per heavy atom. The van der Waals surface area contributed by atoms with Crippen molar-refractivity contribution in [3.63, 3.8) is 0 Å². The molecule has 0 aromatic carbocycles. The van der Waals surface area contributed by atoms with Crippen LogP contribution in [0, 0.1) is 5.92 Å². The van der Waals surface area contributed by atoms with Crippen molar-refractivity contribution >= 4 is 49.4 Å². The zero-order valence-corrected chi connectivity index (χ0v) is 25.5. The molecule has 0 unspecified atom stereocenters. The number of aromatic amines is 1. The van der Waals surface area contributed by atoms with Crippen LogP contribution in [0.15, 0.2) is 11.1 Å². The molecule has 3 heterocycles. The molecule has 1 aliphatic heterocycles. The zero-order chi connectivity index (χ0) is 27.9. The summed E-state index contributed by atoms with van der Waals surface area (Å²) in [7, 11) is 0.936. The number of halogens is 1. The van der Waals surface area contributed by atoms with Crippen LogP contribution in [0.5, 0.6) is 0 Å². The van der Waals surface area contributed by atoms with E-state index in [0.29, 0.717) is 6.42 Å². The van der Waals surface area contributed by atoms with E-state index in [1.54, 1.807) is 32.5 Å². The Bertz CT molecular complexity index is 1240. The second kappa shape index (κ2) is 10.9. The number of carbonyl (C=O) groups is 1. The fourth-order valence-corrected chi connectivity index (χ4v) is 5.53. The predicted molar refractivity (Wildman–Crippen MR) is 145 cm³/mol. The van der Waals surface area contributed by atoms with E-state index in [0.717, 1.165) is 0 Å². The normalized spacial score (nSPS) is 22.6. The van der Waals surface area contributed by atoms with Gasteiger partial charge < -0.3 is 13.7 Å². The second-order valence-electron chi connectivity index (χ2n) is 11.3. The number of fused-ring (bicyclic) bond motifs is 1. The molecule has 3 rings (SSSR count). The summed E-state index contributed by atoms with van der Waals surface area (Å²) in [5.41, 5.74) is -0.105. The largest absolute Gasteiger partial charge is 0.411 e. The van der Waals surface area contributed by atoms with Crippen molar-refractivity contribution in [2.75, 3.05) is 26.0 Å². The van der Waals surface area contributed by atoms with Gasteiger partial charge in [-0.05, 0) is 43.5 Å². The number of hydrogen-bond acceptors (Lipinski definition) is 8. The van der Waals surface area contributed by atoms with E-state index in [9.17, 15) is 14.2 Å². The Labute approximate surface area is 222 Å². The number of amides is 1. The zero-order valence-electron chi connectivity index (χ0n) is 22.9. The molecular weight excluding hydrogens is 539 g/mol. The lowest BCUT2D eigenvalue weighted by atomic mass is 10.2. The topological polar surface area (TPSA) is 141 Å². The highest BCUT2D eigenvalue weighted by atomic mass is 35.7. The molecule has 12 nitrogen and oxygen atoms in total. The first-order valence-corrected chi connectivity index (χ1v) is 17.5. The molecule has 2 aromatic heterocycles. The maximum atomic E-state index is 12.6. The van der Waals surface area contributed by atoms with Crippen LogP contribution in [0.2, 0.25) is 18.1 Å². The minimum absolute atomic E-state index is 0.0268. The molecule has 0 radical (unpaired) electrons. The summed E-state index contributed by atoms with van der Waals surface area (Å²) in [6.45, 7) is 10.6. The number of anilines is 1. The highest BCUT2D eigenvalue weighted by Gasteiger charge is 2.46. The van der Waals surface area contributed by atoms with Crippen LogP contribution in [0.1, 0.15) is 47.3 Å². The van der Waals surface area contributed by atoms with Gasteiger partial charge in [0.15, 0.2) is 19.5 Å². The van der Waals surface area contributed by atoms with Crippen molar-refractivity contribution in [3.8, 4) is 0 Å². The molecule has 0 bridgehead atoms. The molecule has 0 spiro atoms. The molecule has 1 aliphatic rings. The van der Waals surface area contributed by atoms with Crippen LogP contribution < -0.4 is 10.9 Å². The van der Waals surface area contributed by atoms with Crippen LogP contribution in [0.25, 0.3) is 11.2 Å². The van der Waals surface area contributed by atoms with E-state index < -0.39 is 33.1 Å². The van der Waals surface area contributed by atoms with Crippen LogP contribution in [0.3, 0.4) is 0 Å². The SMILES string of the molecule is CC(C)C(=O)Nc1nc2c(ncn2[C@H]2C[C@H](O[Si](C)(C)C(C)(C)C)[C@@H](CO[P@@](=O)(Cl)N(C)C)O2)c(=O)[nH]1. The molecule has 208 valence electrons. The van der Waals surface area contributed by atoms with Crippen molar-refractivity contribution in [3.05, 3.63) is 16.7 Å². The maximum absolute atomic E-state index is 12.6. The smallest absolute Gasteiger partial charge is 0.362 e. The maximum Gasteiger partial charge on any atom is 0.362 e. The molecule has 1 fully saturated rings. The number of H-pyrrole nitrogens is 1. The van der Waals surface area contributed by atoms with Crippen LogP contribution in [-0.2, 0) is 23.0 Å². The molecule has 37 heavy (non-hydrogen) atoms. The number of imidazole rings is 1. The highest BCUT2D eigenvalue weighted by molar-refractivity contribution is 7.83. The van der Waals surface area contributed by atoms with Crippen LogP contribution in [-0.4, -0.2) is 71.3 Å². The molecule has 4 atom stereocenters. The number of carbonyl (C=O) groups excluding carboxylic acids is 1. The van der Waals surface area contributed by atoms with E-state index in [2.05, 4.69) is 54.1 Å². The van der Waals surface area contributed by atoms with Gasteiger partial charge in [0.2, 0.25) is 11.9 Å². The summed E-state index contributed by atoms with van der Waals surface area (Å²) in [6.07, 6.45) is 0.341. The standard InChI is InChI=1S/C22H38ClN6O6PSi/c1-13(2)19(30)26-21-25-18-17(20(31)27-21)24-12-29(18)16-10-14(35-37(8,9)22(3,4)5)15(34-16)11-33-36(23,32)28(6)7/h12-16H,10-11H2,1-9H3,(H2,25,26,27,30,31)/t14-,15+,16+,36-/m0/s1. The first kappa shape index (κ1) is 29.9. The fraction of sp³-hybridized carbons (Fsp3) is 0.727. The minimum atomic E-state index is -3.52. The van der Waals surface area contributed by atoms with E-state index >= 15 is 0 Å². The Hall–Kier alpha value is -1.60. The third-order valence-corrected chi connectivity index (χ3v) is 13.9. The van der Waals surface area contributed by atoms with Gasteiger partial charge in [-0.25, -0.2) is 9.65 Å². The Kier molecular flexibility index (Phi) is 8.80. The summed E-state index contributed by atoms with van der Waals surface area (Å²) in [5, 5.41) is 2.56.